The largest absolute Gasteiger partial charge is 0.476 e. The predicted molar refractivity (Wildman–Crippen MR) is 84.9 cm³/mol. The number of aromatic carboxylic acids is 1. The summed E-state index contributed by atoms with van der Waals surface area (Å²) in [6, 6.07) is 7.80. The molecule has 0 aliphatic carbocycles. The number of carbonyl (C=O) groups is 1. The fraction of sp³-hybridized carbons (Fsp3) is 0.267. The molecule has 2 aromatic rings. The second-order valence-corrected chi connectivity index (χ2v) is 5.45. The molecule has 7 heteroatoms. The first-order valence-electron chi connectivity index (χ1n) is 6.94. The maximum absolute atomic E-state index is 10.8. The van der Waals surface area contributed by atoms with Crippen molar-refractivity contribution in [2.75, 3.05) is 36.0 Å². The average molecular weight is 319 g/mol. The van der Waals surface area contributed by atoms with Crippen molar-refractivity contribution < 1.29 is 9.90 Å². The van der Waals surface area contributed by atoms with Gasteiger partial charge in [0.25, 0.3) is 0 Å². The number of aromatic nitrogens is 2. The number of halogens is 1. The molecule has 22 heavy (non-hydrogen) atoms. The monoisotopic (exact) mass is 318 g/mol. The van der Waals surface area contributed by atoms with Crippen molar-refractivity contribution in [1.29, 1.82) is 0 Å². The van der Waals surface area contributed by atoms with E-state index in [9.17, 15) is 4.79 Å². The van der Waals surface area contributed by atoms with Gasteiger partial charge in [-0.1, -0.05) is 11.6 Å². The van der Waals surface area contributed by atoms with Gasteiger partial charge in [-0.2, -0.15) is 0 Å². The quantitative estimate of drug-likeness (QED) is 0.935. The first-order valence-corrected chi connectivity index (χ1v) is 7.32. The van der Waals surface area contributed by atoms with E-state index >= 15 is 0 Å². The minimum absolute atomic E-state index is 0.0384. The number of anilines is 2. The van der Waals surface area contributed by atoms with Gasteiger partial charge in [0.1, 0.15) is 5.82 Å². The van der Waals surface area contributed by atoms with Crippen molar-refractivity contribution in [3.8, 4) is 0 Å². The van der Waals surface area contributed by atoms with Crippen molar-refractivity contribution in [3.05, 3.63) is 47.4 Å². The molecule has 1 aliphatic rings. The maximum Gasteiger partial charge on any atom is 0.356 e. The lowest BCUT2D eigenvalue weighted by Gasteiger charge is -2.36. The number of hydrogen-bond donors (Lipinski definition) is 1. The van der Waals surface area contributed by atoms with Crippen LogP contribution in [0.2, 0.25) is 5.02 Å². The molecular weight excluding hydrogens is 304 g/mol. The number of rotatable bonds is 3. The molecule has 1 aromatic heterocycles. The number of carboxylic acids is 1. The molecule has 2 heterocycles. The number of carboxylic acid groups (broad SMARTS) is 1. The molecule has 114 valence electrons. The van der Waals surface area contributed by atoms with Crippen LogP contribution in [0.5, 0.6) is 0 Å². The van der Waals surface area contributed by atoms with E-state index in [0.717, 1.165) is 36.9 Å². The van der Waals surface area contributed by atoms with Crippen LogP contribution >= 0.6 is 11.6 Å². The van der Waals surface area contributed by atoms with Crippen molar-refractivity contribution >= 4 is 29.1 Å². The molecule has 1 saturated heterocycles. The van der Waals surface area contributed by atoms with Crippen LogP contribution < -0.4 is 9.80 Å². The van der Waals surface area contributed by atoms with E-state index in [1.54, 1.807) is 0 Å². The van der Waals surface area contributed by atoms with Crippen molar-refractivity contribution in [2.24, 2.45) is 0 Å². The van der Waals surface area contributed by atoms with E-state index in [1.807, 2.05) is 24.3 Å². The van der Waals surface area contributed by atoms with Crippen molar-refractivity contribution in [2.45, 2.75) is 0 Å². The van der Waals surface area contributed by atoms with Crippen LogP contribution in [0.1, 0.15) is 10.5 Å². The highest BCUT2D eigenvalue weighted by Crippen LogP contribution is 2.21. The molecule has 0 atom stereocenters. The summed E-state index contributed by atoms with van der Waals surface area (Å²) in [6.45, 7) is 3.35. The number of hydrogen-bond acceptors (Lipinski definition) is 5. The summed E-state index contributed by atoms with van der Waals surface area (Å²) in [5.74, 6) is -0.354. The third-order valence-electron chi connectivity index (χ3n) is 3.65. The summed E-state index contributed by atoms with van der Waals surface area (Å²) in [6.07, 6.45) is 2.81. The minimum Gasteiger partial charge on any atom is -0.476 e. The van der Waals surface area contributed by atoms with Gasteiger partial charge in [-0.05, 0) is 24.3 Å². The van der Waals surface area contributed by atoms with Gasteiger partial charge in [0.2, 0.25) is 0 Å². The summed E-state index contributed by atoms with van der Waals surface area (Å²) in [5.41, 5.74) is 1.11. The van der Waals surface area contributed by atoms with E-state index in [2.05, 4.69) is 19.8 Å². The molecule has 0 amide bonds. The fourth-order valence-corrected chi connectivity index (χ4v) is 2.57. The van der Waals surface area contributed by atoms with Gasteiger partial charge in [-0.25, -0.2) is 14.8 Å². The lowest BCUT2D eigenvalue weighted by atomic mass is 10.2. The fourth-order valence-electron chi connectivity index (χ4n) is 2.44. The highest BCUT2D eigenvalue weighted by molar-refractivity contribution is 6.30. The topological polar surface area (TPSA) is 69.6 Å². The highest BCUT2D eigenvalue weighted by atomic mass is 35.5. The zero-order valence-electron chi connectivity index (χ0n) is 11.8. The van der Waals surface area contributed by atoms with Crippen LogP contribution in [-0.2, 0) is 0 Å². The van der Waals surface area contributed by atoms with E-state index in [4.69, 9.17) is 16.7 Å². The van der Waals surface area contributed by atoms with Gasteiger partial charge in [-0.15, -0.1) is 0 Å². The Morgan fingerprint density at radius 2 is 1.64 bits per heavy atom. The Morgan fingerprint density at radius 1 is 1.00 bits per heavy atom. The highest BCUT2D eigenvalue weighted by Gasteiger charge is 2.19. The summed E-state index contributed by atoms with van der Waals surface area (Å²) >= 11 is 5.91. The standard InChI is InChI=1S/C15H15ClN4O2/c16-11-1-3-12(4-2-11)19-5-7-20(8-6-19)14-10-17-13(9-18-14)15(21)22/h1-4,9-10H,5-8H2,(H,21,22). The molecule has 1 aromatic carbocycles. The Bertz CT molecular complexity index is 652. The Morgan fingerprint density at radius 3 is 2.18 bits per heavy atom. The van der Waals surface area contributed by atoms with E-state index in [0.29, 0.717) is 5.82 Å². The molecule has 1 aliphatic heterocycles. The zero-order chi connectivity index (χ0) is 15.5. The summed E-state index contributed by atoms with van der Waals surface area (Å²) < 4.78 is 0. The van der Waals surface area contributed by atoms with Crippen molar-refractivity contribution in [1.82, 2.24) is 9.97 Å². The Labute approximate surface area is 133 Å². The number of piperazine rings is 1. The molecule has 1 fully saturated rings. The molecule has 3 rings (SSSR count). The third kappa shape index (κ3) is 3.12. The Kier molecular flexibility index (Phi) is 4.11. The SMILES string of the molecule is O=C(O)c1cnc(N2CCN(c3ccc(Cl)cc3)CC2)cn1. The van der Waals surface area contributed by atoms with Gasteiger partial charge in [0.15, 0.2) is 5.69 Å². The van der Waals surface area contributed by atoms with E-state index < -0.39 is 5.97 Å². The molecule has 1 N–H and O–H groups in total. The zero-order valence-corrected chi connectivity index (χ0v) is 12.6. The third-order valence-corrected chi connectivity index (χ3v) is 3.90. The Hall–Kier alpha value is -2.34. The average Bonchev–Trinajstić information content (AvgIpc) is 2.56. The van der Waals surface area contributed by atoms with Crippen LogP contribution in [0.15, 0.2) is 36.7 Å². The van der Waals surface area contributed by atoms with Crippen LogP contribution in [0.3, 0.4) is 0 Å². The maximum atomic E-state index is 10.8. The molecule has 0 saturated carbocycles. The predicted octanol–water partition coefficient (Wildman–Crippen LogP) is 2.15. The second-order valence-electron chi connectivity index (χ2n) is 5.02. The first kappa shape index (κ1) is 14.6. The lowest BCUT2D eigenvalue weighted by molar-refractivity contribution is 0.0690. The summed E-state index contributed by atoms with van der Waals surface area (Å²) in [4.78, 5) is 23.3. The van der Waals surface area contributed by atoms with Gasteiger partial charge >= 0.3 is 5.97 Å². The van der Waals surface area contributed by atoms with Crippen LogP contribution in [-0.4, -0.2) is 47.2 Å². The van der Waals surface area contributed by atoms with Gasteiger partial charge in [0.05, 0.1) is 12.4 Å². The van der Waals surface area contributed by atoms with Crippen LogP contribution in [0.25, 0.3) is 0 Å². The van der Waals surface area contributed by atoms with E-state index in [1.165, 1.54) is 12.4 Å². The second kappa shape index (κ2) is 6.19. The van der Waals surface area contributed by atoms with Gasteiger partial charge in [0, 0.05) is 36.9 Å². The normalized spacial score (nSPS) is 15.0. The summed E-state index contributed by atoms with van der Waals surface area (Å²) in [5, 5.41) is 9.57. The minimum atomic E-state index is -1.06. The van der Waals surface area contributed by atoms with Crippen LogP contribution in [0.4, 0.5) is 11.5 Å². The van der Waals surface area contributed by atoms with E-state index in [-0.39, 0.29) is 5.69 Å². The molecule has 0 spiro atoms. The molecule has 0 radical (unpaired) electrons. The smallest absolute Gasteiger partial charge is 0.356 e. The first-order chi connectivity index (χ1) is 10.6. The lowest BCUT2D eigenvalue weighted by Crippen LogP contribution is -2.46. The summed E-state index contributed by atoms with van der Waals surface area (Å²) in [7, 11) is 0. The molecule has 6 nitrogen and oxygen atoms in total. The molecule has 0 bridgehead atoms. The number of nitrogens with zero attached hydrogens (tertiary/aromatic N) is 4. The Balaban J connectivity index is 1.63. The van der Waals surface area contributed by atoms with Crippen molar-refractivity contribution in [3.63, 3.8) is 0 Å². The molecular formula is C15H15ClN4O2. The number of benzene rings is 1. The van der Waals surface area contributed by atoms with Gasteiger partial charge in [-0.3, -0.25) is 0 Å². The van der Waals surface area contributed by atoms with Gasteiger partial charge < -0.3 is 14.9 Å². The molecule has 0 unspecified atom stereocenters. The van der Waals surface area contributed by atoms with Crippen LogP contribution in [0, 0.1) is 0 Å².